The molecule has 6 nitrogen and oxygen atoms in total. The summed E-state index contributed by atoms with van der Waals surface area (Å²) in [5, 5.41) is 13.2. The molecule has 0 radical (unpaired) electrons. The number of aromatic nitrogens is 3. The number of nitrogens with one attached hydrogen (secondary N) is 1. The SMILES string of the molecule is CC[C@H](O)c1cc(C)c(-c2cnc3cc(NC(=O)[C@@]4(C)CC4(F)F)ncc3c2)cn1. The molecular formula is C22H22F2N4O2. The van der Waals surface area contributed by atoms with Crippen molar-refractivity contribution in [3.05, 3.63) is 48.0 Å². The fourth-order valence-electron chi connectivity index (χ4n) is 3.41. The van der Waals surface area contributed by atoms with E-state index in [1.54, 1.807) is 24.7 Å². The molecule has 2 atom stereocenters. The molecule has 30 heavy (non-hydrogen) atoms. The minimum Gasteiger partial charge on any atom is -0.387 e. The average molecular weight is 412 g/mol. The van der Waals surface area contributed by atoms with Gasteiger partial charge in [-0.2, -0.15) is 0 Å². The minimum absolute atomic E-state index is 0.187. The lowest BCUT2D eigenvalue weighted by Crippen LogP contribution is -2.27. The monoisotopic (exact) mass is 412 g/mol. The maximum Gasteiger partial charge on any atom is 0.263 e. The van der Waals surface area contributed by atoms with Crippen LogP contribution in [0.25, 0.3) is 22.0 Å². The number of pyridine rings is 3. The molecule has 0 unspecified atom stereocenters. The van der Waals surface area contributed by atoms with Crippen molar-refractivity contribution in [1.82, 2.24) is 15.0 Å². The molecule has 1 aliphatic carbocycles. The maximum atomic E-state index is 13.4. The van der Waals surface area contributed by atoms with E-state index in [4.69, 9.17) is 0 Å². The number of amides is 1. The number of rotatable bonds is 5. The summed E-state index contributed by atoms with van der Waals surface area (Å²) in [5.74, 6) is -3.53. The third-order valence-corrected chi connectivity index (χ3v) is 5.74. The molecule has 1 amide bonds. The van der Waals surface area contributed by atoms with E-state index >= 15 is 0 Å². The molecule has 3 aromatic heterocycles. The van der Waals surface area contributed by atoms with Gasteiger partial charge in [-0.05, 0) is 38.0 Å². The summed E-state index contributed by atoms with van der Waals surface area (Å²) in [7, 11) is 0. The lowest BCUT2D eigenvalue weighted by atomic mass is 10.0. The first-order chi connectivity index (χ1) is 14.1. The lowest BCUT2D eigenvalue weighted by molar-refractivity contribution is -0.123. The molecule has 1 saturated carbocycles. The van der Waals surface area contributed by atoms with Crippen LogP contribution in [-0.2, 0) is 4.79 Å². The summed E-state index contributed by atoms with van der Waals surface area (Å²) in [6.07, 6.45) is 4.48. The quantitative estimate of drug-likeness (QED) is 0.647. The number of aliphatic hydroxyl groups is 1. The number of carbonyl (C=O) groups is 1. The van der Waals surface area contributed by atoms with Gasteiger partial charge >= 0.3 is 0 Å². The Bertz CT molecular complexity index is 1150. The van der Waals surface area contributed by atoms with Gasteiger partial charge < -0.3 is 10.4 Å². The van der Waals surface area contributed by atoms with Crippen molar-refractivity contribution in [3.63, 3.8) is 0 Å². The zero-order valence-corrected chi connectivity index (χ0v) is 16.9. The predicted molar refractivity (Wildman–Crippen MR) is 109 cm³/mol. The van der Waals surface area contributed by atoms with Gasteiger partial charge in [-0.3, -0.25) is 14.8 Å². The third-order valence-electron chi connectivity index (χ3n) is 5.74. The Hall–Kier alpha value is -3.00. The first-order valence-corrected chi connectivity index (χ1v) is 9.74. The maximum absolute atomic E-state index is 13.4. The lowest BCUT2D eigenvalue weighted by Gasteiger charge is -2.12. The van der Waals surface area contributed by atoms with E-state index in [1.165, 1.54) is 6.92 Å². The van der Waals surface area contributed by atoms with Crippen molar-refractivity contribution in [3.8, 4) is 11.1 Å². The smallest absolute Gasteiger partial charge is 0.263 e. The number of anilines is 1. The van der Waals surface area contributed by atoms with Gasteiger partial charge in [0, 0.05) is 47.6 Å². The van der Waals surface area contributed by atoms with Crippen molar-refractivity contribution in [2.24, 2.45) is 5.41 Å². The van der Waals surface area contributed by atoms with Gasteiger partial charge in [0.05, 0.1) is 17.3 Å². The number of aliphatic hydroxyl groups excluding tert-OH is 1. The largest absolute Gasteiger partial charge is 0.387 e. The van der Waals surface area contributed by atoms with Crippen LogP contribution in [0, 0.1) is 12.3 Å². The molecule has 0 spiro atoms. The van der Waals surface area contributed by atoms with Gasteiger partial charge in [0.25, 0.3) is 5.92 Å². The number of halogens is 2. The Labute approximate surface area is 172 Å². The van der Waals surface area contributed by atoms with Gasteiger partial charge in [0.15, 0.2) is 0 Å². The van der Waals surface area contributed by atoms with Gasteiger partial charge in [-0.15, -0.1) is 0 Å². The normalized spacial score (nSPS) is 20.7. The van der Waals surface area contributed by atoms with E-state index in [0.717, 1.165) is 22.1 Å². The highest BCUT2D eigenvalue weighted by molar-refractivity contribution is 5.98. The van der Waals surface area contributed by atoms with E-state index < -0.39 is 29.8 Å². The van der Waals surface area contributed by atoms with Gasteiger partial charge in [-0.1, -0.05) is 6.92 Å². The van der Waals surface area contributed by atoms with Crippen LogP contribution >= 0.6 is 0 Å². The first kappa shape index (κ1) is 20.3. The zero-order valence-electron chi connectivity index (χ0n) is 16.9. The van der Waals surface area contributed by atoms with Crippen LogP contribution in [-0.4, -0.2) is 31.9 Å². The summed E-state index contributed by atoms with van der Waals surface area (Å²) >= 11 is 0. The number of nitrogens with zero attached hydrogens (tertiary/aromatic N) is 3. The minimum atomic E-state index is -2.98. The molecule has 0 saturated heterocycles. The Morgan fingerprint density at radius 3 is 2.57 bits per heavy atom. The Morgan fingerprint density at radius 1 is 1.20 bits per heavy atom. The second-order valence-electron chi connectivity index (χ2n) is 8.00. The van der Waals surface area contributed by atoms with Gasteiger partial charge in [0.1, 0.15) is 11.2 Å². The number of carbonyl (C=O) groups excluding carboxylic acids is 1. The molecule has 3 heterocycles. The van der Waals surface area contributed by atoms with Crippen LogP contribution < -0.4 is 5.32 Å². The number of hydrogen-bond acceptors (Lipinski definition) is 5. The zero-order chi connectivity index (χ0) is 21.7. The highest BCUT2D eigenvalue weighted by Gasteiger charge is 2.72. The predicted octanol–water partition coefficient (Wildman–Crippen LogP) is 4.43. The van der Waals surface area contributed by atoms with E-state index in [-0.39, 0.29) is 5.82 Å². The fourth-order valence-corrected chi connectivity index (χ4v) is 3.41. The van der Waals surface area contributed by atoms with Crippen molar-refractivity contribution < 1.29 is 18.7 Å². The van der Waals surface area contributed by atoms with Crippen molar-refractivity contribution >= 4 is 22.6 Å². The molecule has 0 aliphatic heterocycles. The average Bonchev–Trinajstić information content (AvgIpc) is 3.25. The van der Waals surface area contributed by atoms with Crippen molar-refractivity contribution in [1.29, 1.82) is 0 Å². The Balaban J connectivity index is 1.59. The fraction of sp³-hybridized carbons (Fsp3) is 0.364. The highest BCUT2D eigenvalue weighted by Crippen LogP contribution is 2.60. The second kappa shape index (κ2) is 7.05. The van der Waals surface area contributed by atoms with E-state index in [2.05, 4.69) is 20.3 Å². The molecule has 0 bridgehead atoms. The van der Waals surface area contributed by atoms with Gasteiger partial charge in [-0.25, -0.2) is 13.8 Å². The summed E-state index contributed by atoms with van der Waals surface area (Å²) in [5.41, 5.74) is 2.23. The molecule has 3 aromatic rings. The van der Waals surface area contributed by atoms with Crippen molar-refractivity contribution in [2.75, 3.05) is 5.32 Å². The van der Waals surface area contributed by atoms with Crippen LogP contribution in [0.3, 0.4) is 0 Å². The van der Waals surface area contributed by atoms with Gasteiger partial charge in [0.2, 0.25) is 5.91 Å². The van der Waals surface area contributed by atoms with Crippen LogP contribution in [0.5, 0.6) is 0 Å². The molecule has 156 valence electrons. The third kappa shape index (κ3) is 3.41. The number of alkyl halides is 2. The molecular weight excluding hydrogens is 390 g/mol. The Morgan fingerprint density at radius 2 is 1.93 bits per heavy atom. The molecule has 0 aromatic carbocycles. The van der Waals surface area contributed by atoms with Crippen LogP contribution in [0.15, 0.2) is 36.8 Å². The highest BCUT2D eigenvalue weighted by atomic mass is 19.3. The number of hydrogen-bond donors (Lipinski definition) is 2. The number of aryl methyl sites for hydroxylation is 1. The standard InChI is InChI=1S/C22H22F2N4O2/c1-4-18(29)17-5-12(2)15(10-26-17)13-6-14-9-27-19(7-16(14)25-8-13)28-20(30)21(3)11-22(21,23)24/h5-10,18,29H,4,11H2,1-3H3,(H,27,28,30)/t18-,21+/m0/s1. The summed E-state index contributed by atoms with van der Waals surface area (Å²) in [4.78, 5) is 25.1. The molecule has 1 fully saturated rings. The molecule has 8 heteroatoms. The van der Waals surface area contributed by atoms with Crippen LogP contribution in [0.4, 0.5) is 14.6 Å². The van der Waals surface area contributed by atoms with Crippen LogP contribution in [0.2, 0.25) is 0 Å². The second-order valence-corrected chi connectivity index (χ2v) is 8.00. The van der Waals surface area contributed by atoms with E-state index in [1.807, 2.05) is 26.0 Å². The first-order valence-electron chi connectivity index (χ1n) is 9.74. The van der Waals surface area contributed by atoms with Crippen molar-refractivity contribution in [2.45, 2.75) is 45.6 Å². The van der Waals surface area contributed by atoms with Crippen LogP contribution in [0.1, 0.15) is 44.1 Å². The summed E-state index contributed by atoms with van der Waals surface area (Å²) in [6.45, 7) is 5.08. The molecule has 4 rings (SSSR count). The number of fused-ring (bicyclic) bond motifs is 1. The van der Waals surface area contributed by atoms with E-state index in [9.17, 15) is 18.7 Å². The molecule has 1 aliphatic rings. The topological polar surface area (TPSA) is 88.0 Å². The summed E-state index contributed by atoms with van der Waals surface area (Å²) in [6, 6.07) is 5.32. The molecule has 2 N–H and O–H groups in total. The summed E-state index contributed by atoms with van der Waals surface area (Å²) < 4.78 is 26.8. The Kier molecular flexibility index (Phi) is 4.77. The van der Waals surface area contributed by atoms with E-state index in [0.29, 0.717) is 17.6 Å².